The zero-order valence-electron chi connectivity index (χ0n) is 10.4. The van der Waals surface area contributed by atoms with Gasteiger partial charge < -0.3 is 10.1 Å². The number of hydrogen-bond acceptors (Lipinski definition) is 2. The molecule has 3 heteroatoms. The summed E-state index contributed by atoms with van der Waals surface area (Å²) < 4.78 is 6.73. The normalized spacial score (nSPS) is 26.1. The Kier molecular flexibility index (Phi) is 4.60. The fraction of sp³-hybridized carbons (Fsp3) is 0.571. The second-order valence-electron chi connectivity index (χ2n) is 4.65. The predicted molar refractivity (Wildman–Crippen MR) is 74.1 cm³/mol. The monoisotopic (exact) mass is 297 g/mol. The van der Waals surface area contributed by atoms with Crippen LogP contribution in [0.2, 0.25) is 0 Å². The minimum Gasteiger partial charge on any atom is -0.377 e. The molecule has 1 saturated heterocycles. The van der Waals surface area contributed by atoms with Gasteiger partial charge in [0, 0.05) is 23.2 Å². The Labute approximate surface area is 112 Å². The topological polar surface area (TPSA) is 21.3 Å². The summed E-state index contributed by atoms with van der Waals surface area (Å²) in [4.78, 5) is 0. The zero-order valence-corrected chi connectivity index (χ0v) is 12.0. The van der Waals surface area contributed by atoms with E-state index < -0.39 is 0 Å². The highest BCUT2D eigenvalue weighted by Crippen LogP contribution is 2.23. The maximum atomic E-state index is 5.60. The van der Waals surface area contributed by atoms with Crippen LogP contribution in [0, 0.1) is 0 Å². The van der Waals surface area contributed by atoms with Gasteiger partial charge in [-0.3, -0.25) is 0 Å². The van der Waals surface area contributed by atoms with Gasteiger partial charge in [0.15, 0.2) is 0 Å². The number of benzene rings is 1. The Hall–Kier alpha value is -0.380. The average molecular weight is 298 g/mol. The molecule has 0 bridgehead atoms. The van der Waals surface area contributed by atoms with E-state index in [4.69, 9.17) is 4.74 Å². The van der Waals surface area contributed by atoms with Crippen molar-refractivity contribution in [2.24, 2.45) is 0 Å². The van der Waals surface area contributed by atoms with Crippen LogP contribution in [0.3, 0.4) is 0 Å². The van der Waals surface area contributed by atoms with Crippen LogP contribution in [-0.2, 0) is 4.74 Å². The summed E-state index contributed by atoms with van der Waals surface area (Å²) in [5, 5.41) is 3.71. The van der Waals surface area contributed by atoms with Crippen LogP contribution >= 0.6 is 15.9 Å². The number of rotatable bonds is 4. The van der Waals surface area contributed by atoms with E-state index in [0.29, 0.717) is 18.2 Å². The Morgan fingerprint density at radius 3 is 2.65 bits per heavy atom. The minimum absolute atomic E-state index is 0.333. The summed E-state index contributed by atoms with van der Waals surface area (Å²) in [6, 6.07) is 9.50. The van der Waals surface area contributed by atoms with Crippen molar-refractivity contribution in [2.75, 3.05) is 6.61 Å². The third-order valence-corrected chi connectivity index (χ3v) is 4.00. The molecule has 1 heterocycles. The highest BCUT2D eigenvalue weighted by Gasteiger charge is 2.26. The van der Waals surface area contributed by atoms with Crippen LogP contribution in [0.1, 0.15) is 38.3 Å². The third-order valence-electron chi connectivity index (χ3n) is 3.47. The summed E-state index contributed by atoms with van der Waals surface area (Å²) in [6.45, 7) is 5.26. The summed E-state index contributed by atoms with van der Waals surface area (Å²) in [6.07, 6.45) is 2.55. The SMILES string of the molecule is CCC(NC1CCOC1C)c1ccc(Br)cc1. The van der Waals surface area contributed by atoms with E-state index in [-0.39, 0.29) is 0 Å². The van der Waals surface area contributed by atoms with Gasteiger partial charge >= 0.3 is 0 Å². The molecule has 17 heavy (non-hydrogen) atoms. The van der Waals surface area contributed by atoms with Gasteiger partial charge in [-0.1, -0.05) is 35.0 Å². The molecular formula is C14H20BrNO. The number of halogens is 1. The van der Waals surface area contributed by atoms with E-state index in [1.54, 1.807) is 0 Å². The van der Waals surface area contributed by atoms with Gasteiger partial charge in [-0.2, -0.15) is 0 Å². The molecule has 1 aliphatic heterocycles. The van der Waals surface area contributed by atoms with Crippen molar-refractivity contribution < 1.29 is 4.74 Å². The van der Waals surface area contributed by atoms with Crippen molar-refractivity contribution in [3.8, 4) is 0 Å². The number of hydrogen-bond donors (Lipinski definition) is 1. The standard InChI is InChI=1S/C14H20BrNO/c1-3-13(11-4-6-12(15)7-5-11)16-14-8-9-17-10(14)2/h4-7,10,13-14,16H,3,8-9H2,1-2H3. The van der Waals surface area contributed by atoms with Crippen LogP contribution in [-0.4, -0.2) is 18.8 Å². The molecule has 1 aromatic rings. The van der Waals surface area contributed by atoms with E-state index in [0.717, 1.165) is 23.9 Å². The lowest BCUT2D eigenvalue weighted by Crippen LogP contribution is -2.37. The molecule has 1 aliphatic rings. The first-order chi connectivity index (χ1) is 8.20. The van der Waals surface area contributed by atoms with E-state index in [1.165, 1.54) is 5.56 Å². The van der Waals surface area contributed by atoms with E-state index in [1.807, 2.05) is 0 Å². The Balaban J connectivity index is 2.03. The quantitative estimate of drug-likeness (QED) is 0.916. The molecular weight excluding hydrogens is 278 g/mol. The lowest BCUT2D eigenvalue weighted by Gasteiger charge is -2.24. The van der Waals surface area contributed by atoms with Crippen LogP contribution in [0.15, 0.2) is 28.7 Å². The first-order valence-corrected chi connectivity index (χ1v) is 7.13. The highest BCUT2D eigenvalue weighted by molar-refractivity contribution is 9.10. The average Bonchev–Trinajstić information content (AvgIpc) is 2.73. The molecule has 1 fully saturated rings. The molecule has 0 aliphatic carbocycles. The Morgan fingerprint density at radius 1 is 1.41 bits per heavy atom. The lowest BCUT2D eigenvalue weighted by molar-refractivity contribution is 0.110. The molecule has 0 saturated carbocycles. The van der Waals surface area contributed by atoms with Crippen LogP contribution in [0.25, 0.3) is 0 Å². The smallest absolute Gasteiger partial charge is 0.0700 e. The van der Waals surface area contributed by atoms with Crippen molar-refractivity contribution in [1.82, 2.24) is 5.32 Å². The summed E-state index contributed by atoms with van der Waals surface area (Å²) in [5.41, 5.74) is 1.36. The van der Waals surface area contributed by atoms with Gasteiger partial charge in [-0.15, -0.1) is 0 Å². The molecule has 1 aromatic carbocycles. The molecule has 1 N–H and O–H groups in total. The van der Waals surface area contributed by atoms with Gasteiger partial charge in [0.1, 0.15) is 0 Å². The number of nitrogens with one attached hydrogen (secondary N) is 1. The summed E-state index contributed by atoms with van der Waals surface area (Å²) in [5.74, 6) is 0. The van der Waals surface area contributed by atoms with Crippen LogP contribution < -0.4 is 5.32 Å². The third kappa shape index (κ3) is 3.30. The highest BCUT2D eigenvalue weighted by atomic mass is 79.9. The fourth-order valence-electron chi connectivity index (χ4n) is 2.35. The molecule has 0 spiro atoms. The Bertz CT molecular complexity index is 352. The maximum absolute atomic E-state index is 5.60. The fourth-order valence-corrected chi connectivity index (χ4v) is 2.62. The van der Waals surface area contributed by atoms with Crippen molar-refractivity contribution in [2.45, 2.75) is 44.9 Å². The van der Waals surface area contributed by atoms with Crippen LogP contribution in [0.4, 0.5) is 0 Å². The summed E-state index contributed by atoms with van der Waals surface area (Å²) in [7, 11) is 0. The molecule has 0 amide bonds. The second kappa shape index (κ2) is 5.98. The van der Waals surface area contributed by atoms with Gasteiger partial charge in [-0.25, -0.2) is 0 Å². The predicted octanol–water partition coefficient (Wildman–Crippen LogP) is 3.67. The molecule has 0 radical (unpaired) electrons. The lowest BCUT2D eigenvalue weighted by atomic mass is 10.0. The summed E-state index contributed by atoms with van der Waals surface area (Å²) >= 11 is 3.47. The molecule has 2 nitrogen and oxygen atoms in total. The first-order valence-electron chi connectivity index (χ1n) is 6.34. The van der Waals surface area contributed by atoms with E-state index >= 15 is 0 Å². The molecule has 94 valence electrons. The van der Waals surface area contributed by atoms with Gasteiger partial charge in [-0.05, 0) is 37.5 Å². The van der Waals surface area contributed by atoms with Crippen LogP contribution in [0.5, 0.6) is 0 Å². The van der Waals surface area contributed by atoms with E-state index in [9.17, 15) is 0 Å². The molecule has 0 aromatic heterocycles. The van der Waals surface area contributed by atoms with Crippen molar-refractivity contribution in [3.63, 3.8) is 0 Å². The minimum atomic E-state index is 0.333. The largest absolute Gasteiger partial charge is 0.377 e. The zero-order chi connectivity index (χ0) is 12.3. The van der Waals surface area contributed by atoms with Gasteiger partial charge in [0.25, 0.3) is 0 Å². The first kappa shape index (κ1) is 13.1. The number of ether oxygens (including phenoxy) is 1. The Morgan fingerprint density at radius 2 is 2.12 bits per heavy atom. The van der Waals surface area contributed by atoms with Crippen molar-refractivity contribution >= 4 is 15.9 Å². The van der Waals surface area contributed by atoms with Crippen molar-refractivity contribution in [3.05, 3.63) is 34.3 Å². The molecule has 2 rings (SSSR count). The molecule has 3 unspecified atom stereocenters. The van der Waals surface area contributed by atoms with E-state index in [2.05, 4.69) is 59.4 Å². The second-order valence-corrected chi connectivity index (χ2v) is 5.57. The van der Waals surface area contributed by atoms with Crippen molar-refractivity contribution in [1.29, 1.82) is 0 Å². The van der Waals surface area contributed by atoms with Gasteiger partial charge in [0.2, 0.25) is 0 Å². The maximum Gasteiger partial charge on any atom is 0.0700 e. The molecule has 3 atom stereocenters. The van der Waals surface area contributed by atoms with Gasteiger partial charge in [0.05, 0.1) is 6.10 Å².